The van der Waals surface area contributed by atoms with Gasteiger partial charge in [-0.3, -0.25) is 9.89 Å². The monoisotopic (exact) mass is 387 g/mol. The summed E-state index contributed by atoms with van der Waals surface area (Å²) in [6, 6.07) is 5.63. The zero-order valence-electron chi connectivity index (χ0n) is 16.8. The molecule has 9 heteroatoms. The second-order valence-corrected chi connectivity index (χ2v) is 7.80. The predicted molar refractivity (Wildman–Crippen MR) is 106 cm³/mol. The van der Waals surface area contributed by atoms with Crippen molar-refractivity contribution < 1.29 is 23.9 Å². The van der Waals surface area contributed by atoms with E-state index >= 15 is 0 Å². The van der Waals surface area contributed by atoms with Crippen LogP contribution < -0.4 is 15.5 Å². The number of aryl methyl sites for hydroxylation is 1. The van der Waals surface area contributed by atoms with Crippen LogP contribution in [0.5, 0.6) is 5.75 Å². The van der Waals surface area contributed by atoms with Crippen molar-refractivity contribution in [1.82, 2.24) is 10.2 Å². The van der Waals surface area contributed by atoms with Gasteiger partial charge in [0.2, 0.25) is 0 Å². The third-order valence-corrected chi connectivity index (χ3v) is 5.20. The van der Waals surface area contributed by atoms with E-state index in [9.17, 15) is 4.79 Å². The van der Waals surface area contributed by atoms with Crippen molar-refractivity contribution in [1.29, 1.82) is 0 Å². The van der Waals surface area contributed by atoms with Crippen LogP contribution in [0.1, 0.15) is 43.7 Å². The van der Waals surface area contributed by atoms with Gasteiger partial charge < -0.3 is 24.5 Å². The van der Waals surface area contributed by atoms with Gasteiger partial charge in [-0.2, -0.15) is 5.10 Å². The molecule has 1 aliphatic heterocycles. The molecule has 150 valence electrons. The maximum Gasteiger partial charge on any atom is 0.494 e. The molecule has 0 bridgehead atoms. The number of nitrogens with zero attached hydrogens (tertiary/aromatic N) is 1. The molecule has 1 amide bonds. The highest BCUT2D eigenvalue weighted by atomic mass is 16.7. The molecule has 28 heavy (non-hydrogen) atoms. The zero-order chi connectivity index (χ0) is 20.5. The van der Waals surface area contributed by atoms with Crippen molar-refractivity contribution in [2.24, 2.45) is 0 Å². The molecule has 0 spiro atoms. The molecule has 3 rings (SSSR count). The number of amides is 1. The van der Waals surface area contributed by atoms with Crippen LogP contribution in [0.4, 0.5) is 5.69 Å². The van der Waals surface area contributed by atoms with Crippen molar-refractivity contribution in [2.45, 2.75) is 45.8 Å². The van der Waals surface area contributed by atoms with Gasteiger partial charge in [0.25, 0.3) is 5.91 Å². The van der Waals surface area contributed by atoms with Gasteiger partial charge in [0, 0.05) is 5.69 Å². The second kappa shape index (κ2) is 7.58. The van der Waals surface area contributed by atoms with E-state index in [0.717, 1.165) is 11.0 Å². The molecule has 8 nitrogen and oxygen atoms in total. The number of H-pyrrole nitrogens is 1. The first kappa shape index (κ1) is 20.4. The Morgan fingerprint density at radius 1 is 1.29 bits per heavy atom. The fourth-order valence-electron chi connectivity index (χ4n) is 2.84. The summed E-state index contributed by atoms with van der Waals surface area (Å²) in [4.78, 5) is 12.5. The molecule has 1 fully saturated rings. The predicted octanol–water partition coefficient (Wildman–Crippen LogP) is 1.64. The fraction of sp³-hybridized carbons (Fsp3) is 0.474. The fourth-order valence-corrected chi connectivity index (χ4v) is 2.84. The van der Waals surface area contributed by atoms with Crippen molar-refractivity contribution in [3.8, 4) is 5.75 Å². The van der Waals surface area contributed by atoms with Crippen LogP contribution in [-0.2, 0) is 9.31 Å². The molecular formula is C19H26BN3O5. The number of carbonyl (C=O) groups excluding carboxylic acids is 1. The van der Waals surface area contributed by atoms with Gasteiger partial charge in [0.1, 0.15) is 6.61 Å². The van der Waals surface area contributed by atoms with E-state index < -0.39 is 18.3 Å². The molecule has 0 unspecified atom stereocenters. The van der Waals surface area contributed by atoms with Crippen molar-refractivity contribution in [3.63, 3.8) is 0 Å². The number of aromatic nitrogens is 2. The van der Waals surface area contributed by atoms with Crippen molar-refractivity contribution in [3.05, 3.63) is 35.7 Å². The quantitative estimate of drug-likeness (QED) is 0.651. The van der Waals surface area contributed by atoms with Gasteiger partial charge in [0.15, 0.2) is 11.4 Å². The lowest BCUT2D eigenvalue weighted by Crippen LogP contribution is -2.41. The number of hydrogen-bond donors (Lipinski definition) is 3. The molecule has 2 aromatic rings. The number of anilines is 1. The van der Waals surface area contributed by atoms with E-state index in [1.807, 2.05) is 52.8 Å². The highest BCUT2D eigenvalue weighted by molar-refractivity contribution is 6.62. The van der Waals surface area contributed by atoms with E-state index in [2.05, 4.69) is 15.5 Å². The number of hydrogen-bond acceptors (Lipinski definition) is 6. The summed E-state index contributed by atoms with van der Waals surface area (Å²) in [5.41, 5.74) is 1.80. The minimum Gasteiger partial charge on any atom is -0.487 e. The molecule has 0 radical (unpaired) electrons. The normalized spacial score (nSPS) is 17.6. The topological polar surface area (TPSA) is 106 Å². The molecule has 0 aliphatic carbocycles. The molecule has 0 saturated carbocycles. The average molecular weight is 387 g/mol. The number of benzene rings is 1. The Morgan fingerprint density at radius 2 is 1.96 bits per heavy atom. The van der Waals surface area contributed by atoms with Crippen LogP contribution in [0.3, 0.4) is 0 Å². The van der Waals surface area contributed by atoms with Crippen LogP contribution >= 0.6 is 0 Å². The molecule has 1 aromatic carbocycles. The molecule has 1 saturated heterocycles. The Labute approximate surface area is 164 Å². The highest BCUT2D eigenvalue weighted by Crippen LogP contribution is 2.36. The number of ether oxygens (including phenoxy) is 1. The molecule has 1 aliphatic rings. The number of aliphatic hydroxyl groups is 1. The van der Waals surface area contributed by atoms with Crippen molar-refractivity contribution in [2.75, 3.05) is 18.5 Å². The third-order valence-electron chi connectivity index (χ3n) is 5.20. The Hall–Kier alpha value is -2.36. The Balaban J connectivity index is 1.73. The number of carbonyl (C=O) groups is 1. The van der Waals surface area contributed by atoms with E-state index in [-0.39, 0.29) is 30.6 Å². The lowest BCUT2D eigenvalue weighted by Gasteiger charge is -2.32. The number of nitrogens with one attached hydrogen (secondary N) is 2. The summed E-state index contributed by atoms with van der Waals surface area (Å²) in [5, 5.41) is 18.2. The molecule has 1 aromatic heterocycles. The minimum absolute atomic E-state index is 0.0849. The van der Waals surface area contributed by atoms with Crippen LogP contribution in [0.15, 0.2) is 24.4 Å². The third kappa shape index (κ3) is 3.92. The van der Waals surface area contributed by atoms with E-state index in [1.165, 1.54) is 6.20 Å². The average Bonchev–Trinajstić information content (AvgIpc) is 3.16. The van der Waals surface area contributed by atoms with E-state index in [0.29, 0.717) is 5.69 Å². The highest BCUT2D eigenvalue weighted by Gasteiger charge is 2.51. The second-order valence-electron chi connectivity index (χ2n) is 7.80. The summed E-state index contributed by atoms with van der Waals surface area (Å²) < 4.78 is 17.5. The van der Waals surface area contributed by atoms with Gasteiger partial charge in [-0.1, -0.05) is 12.1 Å². The summed E-state index contributed by atoms with van der Waals surface area (Å²) in [6.07, 6.45) is 1.40. The van der Waals surface area contributed by atoms with Crippen LogP contribution in [0.2, 0.25) is 0 Å². The summed E-state index contributed by atoms with van der Waals surface area (Å²) >= 11 is 0. The van der Waals surface area contributed by atoms with Crippen LogP contribution in [-0.4, -0.2) is 52.7 Å². The largest absolute Gasteiger partial charge is 0.494 e. The molecule has 3 N–H and O–H groups in total. The number of aliphatic hydroxyl groups excluding tert-OH is 1. The lowest BCUT2D eigenvalue weighted by atomic mass is 9.78. The lowest BCUT2D eigenvalue weighted by molar-refractivity contribution is 0.00578. The van der Waals surface area contributed by atoms with Gasteiger partial charge in [-0.05, 0) is 51.7 Å². The first-order valence-electron chi connectivity index (χ1n) is 9.19. The first-order valence-corrected chi connectivity index (χ1v) is 9.19. The standard InChI is InChI=1S/C19H26BN3O5/c1-12-10-13(20-27-18(2,3)19(4,5)28-20)6-7-14(12)22-17(25)16-15(11-21-23-16)26-9-8-24/h6-7,10-11,24H,8-9H2,1-5H3,(H,21,23)(H,22,25). The SMILES string of the molecule is Cc1cc(B2OC(C)(C)C(C)(C)O2)ccc1NC(=O)c1[nH]ncc1OCCO. The van der Waals surface area contributed by atoms with Gasteiger partial charge in [-0.15, -0.1) is 0 Å². The maximum absolute atomic E-state index is 12.5. The Morgan fingerprint density at radius 3 is 2.57 bits per heavy atom. The number of aromatic amines is 1. The molecule has 0 atom stereocenters. The van der Waals surface area contributed by atoms with E-state index in [1.54, 1.807) is 0 Å². The minimum atomic E-state index is -0.459. The Bertz CT molecular complexity index is 849. The van der Waals surface area contributed by atoms with Gasteiger partial charge in [-0.25, -0.2) is 0 Å². The van der Waals surface area contributed by atoms with Crippen LogP contribution in [0.25, 0.3) is 0 Å². The summed E-state index contributed by atoms with van der Waals surface area (Å²) in [5.74, 6) is -0.0880. The Kier molecular flexibility index (Phi) is 5.51. The van der Waals surface area contributed by atoms with Gasteiger partial charge in [0.05, 0.1) is 24.0 Å². The maximum atomic E-state index is 12.5. The van der Waals surface area contributed by atoms with E-state index in [4.69, 9.17) is 19.2 Å². The molecular weight excluding hydrogens is 361 g/mol. The smallest absolute Gasteiger partial charge is 0.487 e. The number of rotatable bonds is 6. The first-order chi connectivity index (χ1) is 13.1. The molecule has 2 heterocycles. The van der Waals surface area contributed by atoms with Crippen LogP contribution in [0, 0.1) is 6.92 Å². The summed E-state index contributed by atoms with van der Waals surface area (Å²) in [7, 11) is -0.459. The zero-order valence-corrected chi connectivity index (χ0v) is 16.8. The summed E-state index contributed by atoms with van der Waals surface area (Å²) in [6.45, 7) is 9.88. The van der Waals surface area contributed by atoms with Gasteiger partial charge >= 0.3 is 7.12 Å². The van der Waals surface area contributed by atoms with Crippen molar-refractivity contribution >= 4 is 24.2 Å².